The maximum Gasteiger partial charge on any atom is 0.279 e. The van der Waals surface area contributed by atoms with Crippen LogP contribution < -0.4 is 10.2 Å². The number of rotatable bonds is 4. The number of tetrazole rings is 1. The average molecular weight is 273 g/mol. The molecule has 1 saturated heterocycles. The van der Waals surface area contributed by atoms with E-state index in [2.05, 4.69) is 20.8 Å². The lowest BCUT2D eigenvalue weighted by atomic mass is 10.3. The fourth-order valence-electron chi connectivity index (χ4n) is 2.46. The molecular formula is C13H17N6O+. The van der Waals surface area contributed by atoms with Gasteiger partial charge in [0.25, 0.3) is 5.91 Å². The van der Waals surface area contributed by atoms with E-state index in [9.17, 15) is 4.79 Å². The quantitative estimate of drug-likeness (QED) is 0.771. The maximum atomic E-state index is 11.9. The van der Waals surface area contributed by atoms with Crippen molar-refractivity contribution in [3.05, 3.63) is 30.6 Å². The number of nitrogens with zero attached hydrogens (tertiary/aromatic N) is 4. The first-order valence-corrected chi connectivity index (χ1v) is 6.78. The fourth-order valence-corrected chi connectivity index (χ4v) is 2.46. The monoisotopic (exact) mass is 273 g/mol. The molecule has 2 N–H and O–H groups in total. The highest BCUT2D eigenvalue weighted by atomic mass is 16.2. The molecule has 1 aliphatic heterocycles. The standard InChI is InChI=1S/C13H16N6O/c20-13(9-18-7-1-2-8-18)15-11-3-5-12(6-4-11)19-10-14-16-17-19/h3-6,10H,1-2,7-9H2,(H,15,20)/p+1. The largest absolute Gasteiger partial charge is 0.327 e. The van der Waals surface area contributed by atoms with Crippen LogP contribution in [-0.4, -0.2) is 45.7 Å². The van der Waals surface area contributed by atoms with Crippen LogP contribution in [0.15, 0.2) is 30.6 Å². The minimum Gasteiger partial charge on any atom is -0.327 e. The van der Waals surface area contributed by atoms with Crippen LogP contribution in [0.5, 0.6) is 0 Å². The van der Waals surface area contributed by atoms with Gasteiger partial charge < -0.3 is 10.2 Å². The van der Waals surface area contributed by atoms with Crippen molar-refractivity contribution in [1.29, 1.82) is 0 Å². The topological polar surface area (TPSA) is 77.1 Å². The van der Waals surface area contributed by atoms with Crippen molar-refractivity contribution < 1.29 is 9.69 Å². The lowest BCUT2D eigenvalue weighted by Crippen LogP contribution is -3.11. The Bertz CT molecular complexity index is 559. The molecule has 0 aliphatic carbocycles. The van der Waals surface area contributed by atoms with Crippen LogP contribution in [-0.2, 0) is 4.79 Å². The van der Waals surface area contributed by atoms with Gasteiger partial charge in [0, 0.05) is 18.5 Å². The molecule has 2 aromatic rings. The number of hydrogen-bond acceptors (Lipinski definition) is 4. The molecule has 2 heterocycles. The van der Waals surface area contributed by atoms with Crippen molar-refractivity contribution in [3.8, 4) is 5.69 Å². The molecule has 3 rings (SSSR count). The molecule has 0 unspecified atom stereocenters. The van der Waals surface area contributed by atoms with E-state index in [1.165, 1.54) is 24.1 Å². The molecule has 0 atom stereocenters. The second-order valence-electron chi connectivity index (χ2n) is 4.98. The molecule has 0 spiro atoms. The van der Waals surface area contributed by atoms with E-state index in [4.69, 9.17) is 0 Å². The minimum atomic E-state index is 0.0667. The zero-order valence-corrected chi connectivity index (χ0v) is 11.1. The Balaban J connectivity index is 1.59. The zero-order valence-electron chi connectivity index (χ0n) is 11.1. The highest BCUT2D eigenvalue weighted by Crippen LogP contribution is 2.11. The number of anilines is 1. The summed E-state index contributed by atoms with van der Waals surface area (Å²) >= 11 is 0. The summed E-state index contributed by atoms with van der Waals surface area (Å²) in [7, 11) is 0. The molecule has 7 nitrogen and oxygen atoms in total. The summed E-state index contributed by atoms with van der Waals surface area (Å²) in [5.74, 6) is 0.0667. The lowest BCUT2D eigenvalue weighted by Gasteiger charge is -2.12. The van der Waals surface area contributed by atoms with E-state index in [0.717, 1.165) is 24.5 Å². The Morgan fingerprint density at radius 2 is 2.00 bits per heavy atom. The number of amides is 1. The first-order valence-electron chi connectivity index (χ1n) is 6.78. The van der Waals surface area contributed by atoms with Gasteiger partial charge in [0.2, 0.25) is 0 Å². The third kappa shape index (κ3) is 3.00. The van der Waals surface area contributed by atoms with Crippen LogP contribution in [0.2, 0.25) is 0 Å². The number of carbonyl (C=O) groups is 1. The molecule has 1 aromatic heterocycles. The number of carbonyl (C=O) groups excluding carboxylic acids is 1. The number of likely N-dealkylation sites (tertiary alicyclic amines) is 1. The van der Waals surface area contributed by atoms with Crippen LogP contribution in [0.1, 0.15) is 12.8 Å². The number of nitrogens with one attached hydrogen (secondary N) is 2. The Labute approximate surface area is 116 Å². The van der Waals surface area contributed by atoms with Crippen LogP contribution in [0.3, 0.4) is 0 Å². The van der Waals surface area contributed by atoms with Gasteiger partial charge in [-0.1, -0.05) is 0 Å². The van der Waals surface area contributed by atoms with E-state index < -0.39 is 0 Å². The Hall–Kier alpha value is -2.28. The third-order valence-corrected chi connectivity index (χ3v) is 3.49. The van der Waals surface area contributed by atoms with Crippen molar-refractivity contribution in [2.45, 2.75) is 12.8 Å². The van der Waals surface area contributed by atoms with Gasteiger partial charge in [0.1, 0.15) is 6.33 Å². The number of benzene rings is 1. The third-order valence-electron chi connectivity index (χ3n) is 3.49. The number of quaternary nitrogens is 1. The predicted octanol–water partition coefficient (Wildman–Crippen LogP) is -0.720. The Morgan fingerprint density at radius 1 is 1.25 bits per heavy atom. The summed E-state index contributed by atoms with van der Waals surface area (Å²) in [6, 6.07) is 7.45. The van der Waals surface area contributed by atoms with Gasteiger partial charge in [-0.2, -0.15) is 0 Å². The van der Waals surface area contributed by atoms with Crippen molar-refractivity contribution in [1.82, 2.24) is 20.2 Å². The van der Waals surface area contributed by atoms with E-state index in [0.29, 0.717) is 6.54 Å². The molecule has 104 valence electrons. The second kappa shape index (κ2) is 5.79. The minimum absolute atomic E-state index is 0.0667. The van der Waals surface area contributed by atoms with E-state index in [1.807, 2.05) is 24.3 Å². The molecule has 0 bridgehead atoms. The maximum absolute atomic E-state index is 11.9. The normalized spacial score (nSPS) is 15.4. The van der Waals surface area contributed by atoms with Crippen LogP contribution in [0.25, 0.3) is 5.69 Å². The Morgan fingerprint density at radius 3 is 2.65 bits per heavy atom. The van der Waals surface area contributed by atoms with Crippen molar-refractivity contribution >= 4 is 11.6 Å². The fraction of sp³-hybridized carbons (Fsp3) is 0.385. The summed E-state index contributed by atoms with van der Waals surface area (Å²) in [6.07, 6.45) is 3.98. The molecule has 1 aromatic carbocycles. The average Bonchev–Trinajstić information content (AvgIpc) is 3.12. The van der Waals surface area contributed by atoms with Crippen molar-refractivity contribution in [2.24, 2.45) is 0 Å². The van der Waals surface area contributed by atoms with E-state index >= 15 is 0 Å². The van der Waals surface area contributed by atoms with E-state index in [-0.39, 0.29) is 5.91 Å². The molecule has 1 aliphatic rings. The van der Waals surface area contributed by atoms with Gasteiger partial charge >= 0.3 is 0 Å². The molecule has 7 heteroatoms. The van der Waals surface area contributed by atoms with E-state index in [1.54, 1.807) is 4.68 Å². The molecule has 1 fully saturated rings. The summed E-state index contributed by atoms with van der Waals surface area (Å²) < 4.78 is 1.57. The number of hydrogen-bond donors (Lipinski definition) is 2. The van der Waals surface area contributed by atoms with Crippen LogP contribution in [0.4, 0.5) is 5.69 Å². The number of aromatic nitrogens is 4. The van der Waals surface area contributed by atoms with Gasteiger partial charge in [-0.05, 0) is 34.7 Å². The highest BCUT2D eigenvalue weighted by Gasteiger charge is 2.18. The highest BCUT2D eigenvalue weighted by molar-refractivity contribution is 5.91. The van der Waals surface area contributed by atoms with Crippen LogP contribution >= 0.6 is 0 Å². The second-order valence-corrected chi connectivity index (χ2v) is 4.98. The smallest absolute Gasteiger partial charge is 0.279 e. The lowest BCUT2D eigenvalue weighted by molar-refractivity contribution is -0.878. The zero-order chi connectivity index (χ0) is 13.8. The molecule has 1 amide bonds. The van der Waals surface area contributed by atoms with Gasteiger partial charge in [-0.3, -0.25) is 4.79 Å². The molecule has 20 heavy (non-hydrogen) atoms. The van der Waals surface area contributed by atoms with Crippen molar-refractivity contribution in [2.75, 3.05) is 25.0 Å². The van der Waals surface area contributed by atoms with Gasteiger partial charge in [0.15, 0.2) is 6.54 Å². The summed E-state index contributed by atoms with van der Waals surface area (Å²) in [4.78, 5) is 13.3. The first-order chi connectivity index (χ1) is 9.81. The van der Waals surface area contributed by atoms with Gasteiger partial charge in [0.05, 0.1) is 18.8 Å². The summed E-state index contributed by atoms with van der Waals surface area (Å²) in [5.41, 5.74) is 1.66. The van der Waals surface area contributed by atoms with Crippen LogP contribution in [0, 0.1) is 0 Å². The Kier molecular flexibility index (Phi) is 3.69. The van der Waals surface area contributed by atoms with Crippen molar-refractivity contribution in [3.63, 3.8) is 0 Å². The molecular weight excluding hydrogens is 256 g/mol. The SMILES string of the molecule is O=C(C[NH+]1CCCC1)Nc1ccc(-n2cnnn2)cc1. The molecule has 0 saturated carbocycles. The predicted molar refractivity (Wildman–Crippen MR) is 72.6 cm³/mol. The molecule has 0 radical (unpaired) electrons. The van der Waals surface area contributed by atoms with Gasteiger partial charge in [-0.25, -0.2) is 4.68 Å². The summed E-state index contributed by atoms with van der Waals surface area (Å²) in [6.45, 7) is 2.76. The summed E-state index contributed by atoms with van der Waals surface area (Å²) in [5, 5.41) is 13.9. The van der Waals surface area contributed by atoms with Gasteiger partial charge in [-0.15, -0.1) is 5.10 Å². The first kappa shape index (κ1) is 12.7.